The molecular formula is C30H47NO8. The average molecular weight is 550 g/mol. The molecule has 1 N–H and O–H groups in total. The first-order valence-electron chi connectivity index (χ1n) is 13.8. The Kier molecular flexibility index (Phi) is 13.6. The van der Waals surface area contributed by atoms with Crippen LogP contribution in [0.2, 0.25) is 0 Å². The number of nitrogens with one attached hydrogen (secondary N) is 1. The van der Waals surface area contributed by atoms with E-state index in [1.165, 1.54) is 0 Å². The molecule has 1 amide bonds. The van der Waals surface area contributed by atoms with E-state index in [9.17, 15) is 19.2 Å². The SMILES string of the molecule is CCOC(=O)C(C)(C)OCCCCCCC(NC(=O)c1ccc(C(C)(C)C)cc1)(C(=O)OCC)C(=O)OCC. The molecule has 0 spiro atoms. The van der Waals surface area contributed by atoms with Crippen molar-refractivity contribution < 1.29 is 38.1 Å². The molecular weight excluding hydrogens is 502 g/mol. The maximum absolute atomic E-state index is 13.2. The summed E-state index contributed by atoms with van der Waals surface area (Å²) in [6.45, 7) is 15.3. The summed E-state index contributed by atoms with van der Waals surface area (Å²) in [6, 6.07) is 7.07. The van der Waals surface area contributed by atoms with Gasteiger partial charge in [-0.1, -0.05) is 45.7 Å². The van der Waals surface area contributed by atoms with E-state index < -0.39 is 35.0 Å². The summed E-state index contributed by atoms with van der Waals surface area (Å²) in [5.74, 6) is -2.67. The second-order valence-electron chi connectivity index (χ2n) is 10.9. The molecule has 220 valence electrons. The highest BCUT2D eigenvalue weighted by atomic mass is 16.6. The summed E-state index contributed by atoms with van der Waals surface area (Å²) < 4.78 is 21.2. The molecule has 0 radical (unpaired) electrons. The number of esters is 3. The van der Waals surface area contributed by atoms with E-state index in [0.717, 1.165) is 12.0 Å². The lowest BCUT2D eigenvalue weighted by atomic mass is 9.86. The standard InChI is InChI=1S/C30H47NO8/c1-9-36-25(33)29(7,8)39-21-15-13-12-14-20-30(26(34)37-10-2,27(35)38-11-3)31-24(32)22-16-18-23(19-17-22)28(4,5)6/h16-19H,9-15,20-21H2,1-8H3,(H,31,32). The summed E-state index contributed by atoms with van der Waals surface area (Å²) in [4.78, 5) is 51.4. The molecule has 0 unspecified atom stereocenters. The Balaban J connectivity index is 2.94. The highest BCUT2D eigenvalue weighted by Crippen LogP contribution is 2.24. The predicted molar refractivity (Wildman–Crippen MR) is 148 cm³/mol. The van der Waals surface area contributed by atoms with E-state index in [1.807, 2.05) is 12.1 Å². The molecule has 0 fully saturated rings. The number of unbranched alkanes of at least 4 members (excludes halogenated alkanes) is 3. The third-order valence-corrected chi connectivity index (χ3v) is 6.26. The summed E-state index contributed by atoms with van der Waals surface area (Å²) in [5, 5.41) is 2.66. The van der Waals surface area contributed by atoms with E-state index in [4.69, 9.17) is 18.9 Å². The minimum Gasteiger partial charge on any atom is -0.464 e. The normalized spacial score (nSPS) is 12.0. The number of amides is 1. The van der Waals surface area contributed by atoms with Crippen molar-refractivity contribution in [2.75, 3.05) is 26.4 Å². The van der Waals surface area contributed by atoms with E-state index >= 15 is 0 Å². The number of carbonyl (C=O) groups excluding carboxylic acids is 4. The van der Waals surface area contributed by atoms with Crippen LogP contribution in [0.25, 0.3) is 0 Å². The van der Waals surface area contributed by atoms with Crippen LogP contribution < -0.4 is 5.32 Å². The average Bonchev–Trinajstić information content (AvgIpc) is 2.87. The van der Waals surface area contributed by atoms with Crippen LogP contribution in [0, 0.1) is 0 Å². The third kappa shape index (κ3) is 10.3. The first kappa shape index (κ1) is 34.1. The molecule has 1 rings (SSSR count). The quantitative estimate of drug-likeness (QED) is 0.134. The Hall–Kier alpha value is -2.94. The molecule has 0 heterocycles. The van der Waals surface area contributed by atoms with Gasteiger partial charge in [-0.3, -0.25) is 4.79 Å². The number of hydrogen-bond donors (Lipinski definition) is 1. The van der Waals surface area contributed by atoms with Crippen LogP contribution >= 0.6 is 0 Å². The molecule has 0 aliphatic carbocycles. The molecule has 9 nitrogen and oxygen atoms in total. The van der Waals surface area contributed by atoms with Crippen molar-refractivity contribution in [3.8, 4) is 0 Å². The summed E-state index contributed by atoms with van der Waals surface area (Å²) in [6.07, 6.45) is 2.51. The topological polar surface area (TPSA) is 117 Å². The van der Waals surface area contributed by atoms with Gasteiger partial charge in [0.1, 0.15) is 0 Å². The van der Waals surface area contributed by atoms with Crippen LogP contribution in [0.3, 0.4) is 0 Å². The summed E-state index contributed by atoms with van der Waals surface area (Å²) >= 11 is 0. The van der Waals surface area contributed by atoms with Crippen molar-refractivity contribution in [3.05, 3.63) is 35.4 Å². The molecule has 1 aromatic rings. The number of rotatable bonds is 16. The Morgan fingerprint density at radius 1 is 0.692 bits per heavy atom. The fraction of sp³-hybridized carbons (Fsp3) is 0.667. The van der Waals surface area contributed by atoms with Crippen molar-refractivity contribution in [3.63, 3.8) is 0 Å². The smallest absolute Gasteiger partial charge is 0.343 e. The monoisotopic (exact) mass is 549 g/mol. The third-order valence-electron chi connectivity index (χ3n) is 6.26. The minimum atomic E-state index is -1.96. The van der Waals surface area contributed by atoms with Crippen molar-refractivity contribution in [2.45, 2.75) is 104 Å². The number of benzene rings is 1. The molecule has 0 atom stereocenters. The van der Waals surface area contributed by atoms with Gasteiger partial charge >= 0.3 is 17.9 Å². The van der Waals surface area contributed by atoms with E-state index in [1.54, 1.807) is 46.8 Å². The Morgan fingerprint density at radius 2 is 1.18 bits per heavy atom. The van der Waals surface area contributed by atoms with Crippen molar-refractivity contribution in [2.24, 2.45) is 0 Å². The van der Waals surface area contributed by atoms with Gasteiger partial charge in [0.25, 0.3) is 5.91 Å². The van der Waals surface area contributed by atoms with Crippen LogP contribution in [0.5, 0.6) is 0 Å². The second kappa shape index (κ2) is 15.6. The largest absolute Gasteiger partial charge is 0.464 e. The number of ether oxygens (including phenoxy) is 4. The fourth-order valence-electron chi connectivity index (χ4n) is 3.89. The van der Waals surface area contributed by atoms with Gasteiger partial charge in [0, 0.05) is 12.2 Å². The van der Waals surface area contributed by atoms with Crippen LogP contribution in [-0.4, -0.2) is 61.4 Å². The van der Waals surface area contributed by atoms with E-state index in [-0.39, 0.29) is 31.7 Å². The molecule has 9 heteroatoms. The molecule has 0 aliphatic rings. The minimum absolute atomic E-state index is 0.0195. The van der Waals surface area contributed by atoms with Crippen molar-refractivity contribution in [1.82, 2.24) is 5.32 Å². The van der Waals surface area contributed by atoms with Crippen molar-refractivity contribution >= 4 is 23.8 Å². The van der Waals surface area contributed by atoms with Gasteiger partial charge in [-0.15, -0.1) is 0 Å². The molecule has 0 aromatic heterocycles. The maximum Gasteiger partial charge on any atom is 0.343 e. The lowest BCUT2D eigenvalue weighted by Crippen LogP contribution is -2.61. The van der Waals surface area contributed by atoms with E-state index in [2.05, 4.69) is 26.1 Å². The van der Waals surface area contributed by atoms with Gasteiger partial charge in [0.05, 0.1) is 19.8 Å². The zero-order valence-corrected chi connectivity index (χ0v) is 24.9. The van der Waals surface area contributed by atoms with Gasteiger partial charge in [0.15, 0.2) is 5.60 Å². The fourth-order valence-corrected chi connectivity index (χ4v) is 3.89. The number of carbonyl (C=O) groups is 4. The Labute approximate surface area is 233 Å². The predicted octanol–water partition coefficient (Wildman–Crippen LogP) is 4.89. The first-order valence-corrected chi connectivity index (χ1v) is 13.8. The Morgan fingerprint density at radius 3 is 1.67 bits per heavy atom. The molecule has 0 bridgehead atoms. The first-order chi connectivity index (χ1) is 18.2. The summed E-state index contributed by atoms with van der Waals surface area (Å²) in [7, 11) is 0. The zero-order valence-electron chi connectivity index (χ0n) is 24.9. The zero-order chi connectivity index (χ0) is 29.7. The molecule has 0 aliphatic heterocycles. The number of hydrogen-bond acceptors (Lipinski definition) is 8. The molecule has 1 aromatic carbocycles. The maximum atomic E-state index is 13.2. The van der Waals surface area contributed by atoms with Crippen LogP contribution in [0.4, 0.5) is 0 Å². The Bertz CT molecular complexity index is 929. The molecule has 0 saturated carbocycles. The van der Waals surface area contributed by atoms with Gasteiger partial charge in [-0.05, 0) is 77.0 Å². The molecule has 0 saturated heterocycles. The van der Waals surface area contributed by atoms with Gasteiger partial charge in [-0.2, -0.15) is 0 Å². The van der Waals surface area contributed by atoms with Crippen LogP contribution in [0.1, 0.15) is 103 Å². The highest BCUT2D eigenvalue weighted by Gasteiger charge is 2.50. The second-order valence-corrected chi connectivity index (χ2v) is 10.9. The van der Waals surface area contributed by atoms with Gasteiger partial charge in [-0.25, -0.2) is 14.4 Å². The van der Waals surface area contributed by atoms with Crippen LogP contribution in [-0.2, 0) is 38.7 Å². The van der Waals surface area contributed by atoms with E-state index in [0.29, 0.717) is 31.4 Å². The lowest BCUT2D eigenvalue weighted by Gasteiger charge is -2.30. The van der Waals surface area contributed by atoms with Crippen molar-refractivity contribution in [1.29, 1.82) is 0 Å². The molecule has 39 heavy (non-hydrogen) atoms. The lowest BCUT2D eigenvalue weighted by molar-refractivity contribution is -0.168. The summed E-state index contributed by atoms with van der Waals surface area (Å²) in [5.41, 5.74) is -1.71. The highest BCUT2D eigenvalue weighted by molar-refractivity contribution is 6.10. The van der Waals surface area contributed by atoms with Gasteiger partial charge in [0.2, 0.25) is 5.54 Å². The van der Waals surface area contributed by atoms with Crippen LogP contribution in [0.15, 0.2) is 24.3 Å². The van der Waals surface area contributed by atoms with Gasteiger partial charge < -0.3 is 24.3 Å².